The molecular formula is C71H49NS. The first-order valence-electron chi connectivity index (χ1n) is 25.6. The van der Waals surface area contributed by atoms with E-state index in [1.807, 2.05) is 11.3 Å². The van der Waals surface area contributed by atoms with Crippen LogP contribution in [0.2, 0.25) is 0 Å². The molecule has 73 heavy (non-hydrogen) atoms. The van der Waals surface area contributed by atoms with Gasteiger partial charge in [0.05, 0.1) is 10.8 Å². The van der Waals surface area contributed by atoms with Crippen LogP contribution in [0.5, 0.6) is 0 Å². The minimum atomic E-state index is -0.621. The third-order valence-corrected chi connectivity index (χ3v) is 18.0. The van der Waals surface area contributed by atoms with E-state index in [2.05, 4.69) is 280 Å². The fourth-order valence-corrected chi connectivity index (χ4v) is 14.8. The highest BCUT2D eigenvalue weighted by Gasteiger charge is 2.56. The van der Waals surface area contributed by atoms with Crippen LogP contribution < -0.4 is 4.90 Å². The van der Waals surface area contributed by atoms with Gasteiger partial charge in [-0.2, -0.15) is 0 Å². The van der Waals surface area contributed by atoms with Crippen LogP contribution in [-0.4, -0.2) is 0 Å². The lowest BCUT2D eigenvalue weighted by Gasteiger charge is -2.50. The average Bonchev–Trinajstić information content (AvgIpc) is 4.06. The third-order valence-electron chi connectivity index (χ3n) is 16.8. The predicted molar refractivity (Wildman–Crippen MR) is 306 cm³/mol. The summed E-state index contributed by atoms with van der Waals surface area (Å²) in [4.78, 5) is 2.51. The molecule has 0 amide bonds. The zero-order chi connectivity index (χ0) is 48.5. The molecule has 11 aromatic carbocycles. The van der Waals surface area contributed by atoms with Crippen LogP contribution in [0.15, 0.2) is 261 Å². The average molecular weight is 948 g/mol. The summed E-state index contributed by atoms with van der Waals surface area (Å²) in [5, 5.41) is 2.64. The number of nitrogens with zero attached hydrogens (tertiary/aromatic N) is 1. The normalized spacial score (nSPS) is 14.8. The molecule has 0 saturated heterocycles. The Labute approximate surface area is 431 Å². The van der Waals surface area contributed by atoms with E-state index >= 15 is 0 Å². The summed E-state index contributed by atoms with van der Waals surface area (Å²) in [6.45, 7) is 4.76. The maximum atomic E-state index is 2.54. The SMILES string of the molecule is CC1(C)c2ccccc2-c2ccc(N(c3ccc(-c4ccc5c(c4)sc4ccccc45)cc3)c3ccc4c(c3)C3(c5ccccc5-4)c4ccccc4C(c4ccccc4)(c4ccccc4)c4ccccc43)cc21. The van der Waals surface area contributed by atoms with Gasteiger partial charge < -0.3 is 4.90 Å². The standard InChI is InChI=1S/C71H49NS/c1-69(2)59-26-12-9-23-53(59)55-41-38-51(44-65(55)69)72(50-36-33-46(34-37-50)47-35-40-58-57-25-11-18-32-67(57)73-68(58)43-47)52-39-42-56-54-24-10-13-27-60(54)71(66(56)45-52)63-30-16-14-28-61(63)70(48-19-5-3-6-20-48,49-21-7-4-8-22-49)62-29-15-17-31-64(62)71/h3-45H,1-2H3. The van der Waals surface area contributed by atoms with Gasteiger partial charge in [-0.1, -0.05) is 226 Å². The number of hydrogen-bond donors (Lipinski definition) is 0. The van der Waals surface area contributed by atoms with Crippen molar-refractivity contribution in [1.82, 2.24) is 0 Å². The van der Waals surface area contributed by atoms with Crippen molar-refractivity contribution in [1.29, 1.82) is 0 Å². The minimum Gasteiger partial charge on any atom is -0.310 e. The Bertz CT molecular complexity index is 4090. The van der Waals surface area contributed by atoms with Crippen molar-refractivity contribution in [2.24, 2.45) is 0 Å². The molecule has 1 nitrogen and oxygen atoms in total. The van der Waals surface area contributed by atoms with E-state index in [-0.39, 0.29) is 5.41 Å². The van der Waals surface area contributed by atoms with Crippen molar-refractivity contribution in [2.45, 2.75) is 30.1 Å². The van der Waals surface area contributed by atoms with Crippen molar-refractivity contribution in [3.8, 4) is 33.4 Å². The van der Waals surface area contributed by atoms with E-state index in [9.17, 15) is 0 Å². The summed E-state index contributed by atoms with van der Waals surface area (Å²) in [5.74, 6) is 0. The zero-order valence-corrected chi connectivity index (χ0v) is 41.5. The second-order valence-electron chi connectivity index (χ2n) is 20.7. The second kappa shape index (κ2) is 15.7. The number of fused-ring (bicyclic) bond motifs is 15. The first-order valence-corrected chi connectivity index (χ1v) is 26.4. The van der Waals surface area contributed by atoms with Crippen molar-refractivity contribution < 1.29 is 0 Å². The highest BCUT2D eigenvalue weighted by atomic mass is 32.1. The molecular weight excluding hydrogens is 899 g/mol. The van der Waals surface area contributed by atoms with Crippen LogP contribution in [-0.2, 0) is 16.2 Å². The summed E-state index contributed by atoms with van der Waals surface area (Å²) in [5.41, 5.74) is 22.8. The van der Waals surface area contributed by atoms with Gasteiger partial charge in [-0.15, -0.1) is 11.3 Å². The van der Waals surface area contributed by atoms with E-state index in [1.165, 1.54) is 109 Å². The Morgan fingerprint density at radius 2 is 0.726 bits per heavy atom. The van der Waals surface area contributed by atoms with Gasteiger partial charge in [-0.05, 0) is 138 Å². The van der Waals surface area contributed by atoms with E-state index < -0.39 is 10.8 Å². The molecule has 3 aliphatic carbocycles. The molecule has 344 valence electrons. The first kappa shape index (κ1) is 42.2. The lowest BCUT2D eigenvalue weighted by molar-refractivity contribution is 0.623. The van der Waals surface area contributed by atoms with Crippen LogP contribution in [0.25, 0.3) is 53.6 Å². The second-order valence-corrected chi connectivity index (χ2v) is 21.8. The third kappa shape index (κ3) is 5.79. The Morgan fingerprint density at radius 3 is 1.36 bits per heavy atom. The molecule has 1 aromatic heterocycles. The van der Waals surface area contributed by atoms with Gasteiger partial charge in [0.25, 0.3) is 0 Å². The summed E-state index contributed by atoms with van der Waals surface area (Å²) in [6, 6.07) is 98.7. The molecule has 3 aliphatic rings. The highest BCUT2D eigenvalue weighted by Crippen LogP contribution is 2.65. The lowest BCUT2D eigenvalue weighted by Crippen LogP contribution is -2.44. The van der Waals surface area contributed by atoms with E-state index in [0.717, 1.165) is 17.1 Å². The molecule has 15 rings (SSSR count). The van der Waals surface area contributed by atoms with Gasteiger partial charge in [0.2, 0.25) is 0 Å². The lowest BCUT2D eigenvalue weighted by atomic mass is 9.51. The molecule has 0 saturated carbocycles. The number of anilines is 3. The molecule has 0 fully saturated rings. The van der Waals surface area contributed by atoms with Gasteiger partial charge in [0, 0.05) is 42.6 Å². The molecule has 1 spiro atoms. The summed E-state index contributed by atoms with van der Waals surface area (Å²) < 4.78 is 2.64. The molecule has 0 N–H and O–H groups in total. The Hall–Kier alpha value is -8.56. The van der Waals surface area contributed by atoms with Crippen molar-refractivity contribution in [3.05, 3.63) is 316 Å². The summed E-state index contributed by atoms with van der Waals surface area (Å²) >= 11 is 1.87. The van der Waals surface area contributed by atoms with Gasteiger partial charge in [0.15, 0.2) is 0 Å². The van der Waals surface area contributed by atoms with Crippen LogP contribution >= 0.6 is 11.3 Å². The molecule has 0 bridgehead atoms. The van der Waals surface area contributed by atoms with E-state index in [0.29, 0.717) is 0 Å². The Kier molecular flexibility index (Phi) is 9.08. The predicted octanol–water partition coefficient (Wildman–Crippen LogP) is 18.6. The summed E-state index contributed by atoms with van der Waals surface area (Å²) in [7, 11) is 0. The molecule has 0 radical (unpaired) electrons. The van der Waals surface area contributed by atoms with Crippen molar-refractivity contribution >= 4 is 48.6 Å². The van der Waals surface area contributed by atoms with Crippen molar-refractivity contribution in [2.75, 3.05) is 4.90 Å². The molecule has 0 atom stereocenters. The number of thiophene rings is 1. The van der Waals surface area contributed by atoms with E-state index in [4.69, 9.17) is 0 Å². The maximum absolute atomic E-state index is 2.54. The van der Waals surface area contributed by atoms with Crippen molar-refractivity contribution in [3.63, 3.8) is 0 Å². The smallest absolute Gasteiger partial charge is 0.0720 e. The fraction of sp³-hybridized carbons (Fsp3) is 0.0704. The fourth-order valence-electron chi connectivity index (χ4n) is 13.7. The van der Waals surface area contributed by atoms with Gasteiger partial charge in [0.1, 0.15) is 0 Å². The van der Waals surface area contributed by atoms with Gasteiger partial charge in [-0.25, -0.2) is 0 Å². The molecule has 2 heteroatoms. The van der Waals surface area contributed by atoms with Crippen LogP contribution in [0, 0.1) is 0 Å². The quantitative estimate of drug-likeness (QED) is 0.161. The topological polar surface area (TPSA) is 3.24 Å². The zero-order valence-electron chi connectivity index (χ0n) is 40.7. The first-order chi connectivity index (χ1) is 36.0. The van der Waals surface area contributed by atoms with E-state index in [1.54, 1.807) is 0 Å². The molecule has 0 unspecified atom stereocenters. The number of hydrogen-bond acceptors (Lipinski definition) is 2. The molecule has 0 aliphatic heterocycles. The Balaban J connectivity index is 0.965. The largest absolute Gasteiger partial charge is 0.310 e. The highest BCUT2D eigenvalue weighted by molar-refractivity contribution is 7.25. The maximum Gasteiger partial charge on any atom is 0.0720 e. The minimum absolute atomic E-state index is 0.161. The molecule has 1 heterocycles. The Morgan fingerprint density at radius 1 is 0.288 bits per heavy atom. The van der Waals surface area contributed by atoms with Crippen LogP contribution in [0.3, 0.4) is 0 Å². The van der Waals surface area contributed by atoms with Crippen LogP contribution in [0.4, 0.5) is 17.1 Å². The number of rotatable bonds is 6. The number of benzene rings is 11. The summed E-state index contributed by atoms with van der Waals surface area (Å²) in [6.07, 6.45) is 0. The van der Waals surface area contributed by atoms with Crippen LogP contribution in [0.1, 0.15) is 69.5 Å². The van der Waals surface area contributed by atoms with Gasteiger partial charge >= 0.3 is 0 Å². The van der Waals surface area contributed by atoms with Gasteiger partial charge in [-0.3, -0.25) is 0 Å². The molecule has 12 aromatic rings. The monoisotopic (exact) mass is 947 g/mol.